The van der Waals surface area contributed by atoms with Gasteiger partial charge in [0, 0.05) is 29.1 Å². The van der Waals surface area contributed by atoms with Crippen LogP contribution in [0.1, 0.15) is 48.4 Å². The predicted octanol–water partition coefficient (Wildman–Crippen LogP) is 2.02. The van der Waals surface area contributed by atoms with Gasteiger partial charge in [0.15, 0.2) is 6.61 Å². The van der Waals surface area contributed by atoms with E-state index in [4.69, 9.17) is 9.88 Å². The van der Waals surface area contributed by atoms with Crippen LogP contribution >= 0.6 is 0 Å². The fraction of sp³-hybridized carbons (Fsp3) is 0.409. The number of hydrogen-bond acceptors (Lipinski definition) is 6. The first-order valence-corrected chi connectivity index (χ1v) is 11.7. The van der Waals surface area contributed by atoms with Gasteiger partial charge < -0.3 is 14.6 Å². The number of hydrogen-bond donors (Lipinski definition) is 2. The molecule has 0 fully saturated rings. The fourth-order valence-corrected chi connectivity index (χ4v) is 3.70. The molecular formula is C22H29N3O6S. The van der Waals surface area contributed by atoms with Gasteiger partial charge in [0.25, 0.3) is 0 Å². The monoisotopic (exact) mass is 463 g/mol. The molecule has 1 aromatic carbocycles. The number of primary sulfonamides is 1. The Morgan fingerprint density at radius 2 is 1.75 bits per heavy atom. The number of carbonyl (C=O) groups excluding carboxylic acids is 3. The third-order valence-electron chi connectivity index (χ3n) is 4.90. The van der Waals surface area contributed by atoms with Crippen LogP contribution in [0.3, 0.4) is 0 Å². The van der Waals surface area contributed by atoms with Crippen LogP contribution in [0.25, 0.3) is 5.69 Å². The zero-order valence-electron chi connectivity index (χ0n) is 18.7. The molecule has 2 aromatic rings. The Morgan fingerprint density at radius 3 is 2.31 bits per heavy atom. The van der Waals surface area contributed by atoms with Crippen LogP contribution in [-0.4, -0.2) is 43.8 Å². The predicted molar refractivity (Wildman–Crippen MR) is 119 cm³/mol. The average molecular weight is 464 g/mol. The second-order valence-electron chi connectivity index (χ2n) is 7.95. The highest BCUT2D eigenvalue weighted by Crippen LogP contribution is 2.22. The van der Waals surface area contributed by atoms with Crippen LogP contribution in [0.2, 0.25) is 0 Å². The second kappa shape index (κ2) is 10.6. The van der Waals surface area contributed by atoms with Crippen molar-refractivity contribution in [3.63, 3.8) is 0 Å². The summed E-state index contributed by atoms with van der Waals surface area (Å²) in [5.74, 6) is -0.927. The summed E-state index contributed by atoms with van der Waals surface area (Å²) in [6.45, 7) is 6.81. The molecule has 0 aliphatic heterocycles. The molecule has 0 saturated carbocycles. The third-order valence-corrected chi connectivity index (χ3v) is 5.83. The van der Waals surface area contributed by atoms with Crippen LogP contribution < -0.4 is 10.5 Å². The van der Waals surface area contributed by atoms with Gasteiger partial charge in [-0.05, 0) is 56.5 Å². The normalized spacial score (nSPS) is 11.4. The lowest BCUT2D eigenvalue weighted by atomic mass is 10.1. The summed E-state index contributed by atoms with van der Waals surface area (Å²) < 4.78 is 29.7. The number of nitrogens with zero attached hydrogens (tertiary/aromatic N) is 1. The van der Waals surface area contributed by atoms with E-state index in [9.17, 15) is 22.8 Å². The molecule has 0 bridgehead atoms. The van der Waals surface area contributed by atoms with E-state index in [2.05, 4.69) is 5.32 Å². The summed E-state index contributed by atoms with van der Waals surface area (Å²) in [6.07, 6.45) is 1.05. The maximum absolute atomic E-state index is 12.6. The molecule has 0 aliphatic carbocycles. The molecule has 0 aliphatic rings. The number of ether oxygens (including phenoxy) is 1. The number of amides is 1. The van der Waals surface area contributed by atoms with Crippen molar-refractivity contribution in [2.45, 2.75) is 45.4 Å². The first-order valence-electron chi connectivity index (χ1n) is 10.2. The third kappa shape index (κ3) is 6.76. The molecule has 0 atom stereocenters. The number of benzene rings is 1. The largest absolute Gasteiger partial charge is 0.456 e. The van der Waals surface area contributed by atoms with Crippen LogP contribution in [-0.2, 0) is 24.3 Å². The van der Waals surface area contributed by atoms with E-state index in [1.807, 2.05) is 13.8 Å². The highest BCUT2D eigenvalue weighted by atomic mass is 32.2. The summed E-state index contributed by atoms with van der Waals surface area (Å²) in [6, 6.07) is 7.64. The molecule has 3 N–H and O–H groups in total. The Morgan fingerprint density at radius 1 is 1.12 bits per heavy atom. The Balaban J connectivity index is 2.00. The SMILES string of the molecule is Cc1cc(C(=O)COC(=O)CNC(=O)CCC(C)C)c(C)n1-c1ccc(S(N)(=O)=O)cc1. The Labute approximate surface area is 188 Å². The molecule has 10 heteroatoms. The highest BCUT2D eigenvalue weighted by Gasteiger charge is 2.19. The lowest BCUT2D eigenvalue weighted by Gasteiger charge is -2.11. The summed E-state index contributed by atoms with van der Waals surface area (Å²) in [5, 5.41) is 7.61. The van der Waals surface area contributed by atoms with Crippen molar-refractivity contribution in [2.24, 2.45) is 11.1 Å². The Hall–Kier alpha value is -2.98. The highest BCUT2D eigenvalue weighted by molar-refractivity contribution is 7.89. The van der Waals surface area contributed by atoms with Crippen molar-refractivity contribution in [1.82, 2.24) is 9.88 Å². The van der Waals surface area contributed by atoms with E-state index in [-0.39, 0.29) is 23.1 Å². The van der Waals surface area contributed by atoms with Gasteiger partial charge in [-0.25, -0.2) is 13.6 Å². The Kier molecular flexibility index (Phi) is 8.34. The van der Waals surface area contributed by atoms with E-state index >= 15 is 0 Å². The number of ketones is 1. The van der Waals surface area contributed by atoms with Crippen molar-refractivity contribution in [2.75, 3.05) is 13.2 Å². The van der Waals surface area contributed by atoms with Crippen LogP contribution in [0.15, 0.2) is 35.2 Å². The molecule has 1 heterocycles. The van der Waals surface area contributed by atoms with Gasteiger partial charge in [-0.1, -0.05) is 13.8 Å². The van der Waals surface area contributed by atoms with Crippen molar-refractivity contribution in [1.29, 1.82) is 0 Å². The summed E-state index contributed by atoms with van der Waals surface area (Å²) in [5.41, 5.74) is 2.41. The van der Waals surface area contributed by atoms with Crippen molar-refractivity contribution in [3.05, 3.63) is 47.3 Å². The van der Waals surface area contributed by atoms with Gasteiger partial charge >= 0.3 is 5.97 Å². The van der Waals surface area contributed by atoms with Gasteiger partial charge in [-0.2, -0.15) is 0 Å². The standard InChI is InChI=1S/C22H29N3O6S/c1-14(2)5-10-21(27)24-12-22(28)31-13-20(26)19-11-15(3)25(16(19)4)17-6-8-18(9-7-17)32(23,29)30/h6-9,11,14H,5,10,12-13H2,1-4H3,(H,24,27)(H2,23,29,30). The van der Waals surface area contributed by atoms with E-state index < -0.39 is 22.6 Å². The Bertz CT molecular complexity index is 1100. The number of aryl methyl sites for hydroxylation is 1. The van der Waals surface area contributed by atoms with Crippen molar-refractivity contribution < 1.29 is 27.5 Å². The molecule has 1 aromatic heterocycles. The number of aromatic nitrogens is 1. The smallest absolute Gasteiger partial charge is 0.325 e. The van der Waals surface area contributed by atoms with Crippen molar-refractivity contribution in [3.8, 4) is 5.69 Å². The molecule has 2 rings (SSSR count). The number of Topliss-reactive ketones (excluding diaryl/α,β-unsaturated/α-hetero) is 1. The van der Waals surface area contributed by atoms with E-state index in [1.165, 1.54) is 12.1 Å². The van der Waals surface area contributed by atoms with Gasteiger partial charge in [0.05, 0.1) is 4.90 Å². The minimum atomic E-state index is -3.80. The minimum absolute atomic E-state index is 0.0109. The first-order chi connectivity index (χ1) is 14.9. The van der Waals surface area contributed by atoms with E-state index in [1.54, 1.807) is 36.6 Å². The molecule has 32 heavy (non-hydrogen) atoms. The van der Waals surface area contributed by atoms with E-state index in [0.29, 0.717) is 29.3 Å². The van der Waals surface area contributed by atoms with Gasteiger partial charge in [0.1, 0.15) is 6.54 Å². The van der Waals surface area contributed by atoms with E-state index in [0.717, 1.165) is 12.1 Å². The van der Waals surface area contributed by atoms with Crippen LogP contribution in [0.4, 0.5) is 0 Å². The molecule has 0 saturated heterocycles. The number of esters is 1. The van der Waals surface area contributed by atoms with Crippen LogP contribution in [0, 0.1) is 19.8 Å². The molecule has 174 valence electrons. The number of carbonyl (C=O) groups is 3. The average Bonchev–Trinajstić information content (AvgIpc) is 3.02. The summed E-state index contributed by atoms with van der Waals surface area (Å²) in [4.78, 5) is 36.1. The summed E-state index contributed by atoms with van der Waals surface area (Å²) >= 11 is 0. The number of nitrogens with two attached hydrogens (primary N) is 1. The topological polar surface area (TPSA) is 138 Å². The number of rotatable bonds is 10. The number of sulfonamides is 1. The number of nitrogens with one attached hydrogen (secondary N) is 1. The molecule has 0 unspecified atom stereocenters. The fourth-order valence-electron chi connectivity index (χ4n) is 3.18. The van der Waals surface area contributed by atoms with Gasteiger partial charge in [-0.3, -0.25) is 14.4 Å². The maximum Gasteiger partial charge on any atom is 0.325 e. The lowest BCUT2D eigenvalue weighted by Crippen LogP contribution is -2.31. The zero-order valence-corrected chi connectivity index (χ0v) is 19.5. The quantitative estimate of drug-likeness (QED) is 0.408. The zero-order chi connectivity index (χ0) is 24.1. The van der Waals surface area contributed by atoms with Gasteiger partial charge in [0.2, 0.25) is 21.7 Å². The molecule has 9 nitrogen and oxygen atoms in total. The molecule has 1 amide bonds. The first kappa shape index (κ1) is 25.3. The molecule has 0 spiro atoms. The van der Waals surface area contributed by atoms with Gasteiger partial charge in [-0.15, -0.1) is 0 Å². The maximum atomic E-state index is 12.6. The minimum Gasteiger partial charge on any atom is -0.456 e. The molecule has 0 radical (unpaired) electrons. The lowest BCUT2D eigenvalue weighted by molar-refractivity contribution is -0.142. The second-order valence-corrected chi connectivity index (χ2v) is 9.51. The molecular weight excluding hydrogens is 434 g/mol. The van der Waals surface area contributed by atoms with Crippen LogP contribution in [0.5, 0.6) is 0 Å². The summed E-state index contributed by atoms with van der Waals surface area (Å²) in [7, 11) is -3.80. The van der Waals surface area contributed by atoms with Crippen molar-refractivity contribution >= 4 is 27.7 Å².